The predicted molar refractivity (Wildman–Crippen MR) is 84.2 cm³/mol. The lowest BCUT2D eigenvalue weighted by molar-refractivity contribution is -0.285. The fraction of sp³-hybridized carbons (Fsp3) is 0.938. The number of ether oxygens (including phenoxy) is 1. The normalized spacial score (nSPS) is 25.8. The van der Waals surface area contributed by atoms with Gasteiger partial charge in [-0.05, 0) is 32.7 Å². The number of carbonyl (C=O) groups excluding carboxylic acids is 1. The van der Waals surface area contributed by atoms with Gasteiger partial charge < -0.3 is 20.5 Å². The second kappa shape index (κ2) is 9.01. The Morgan fingerprint density at radius 1 is 1.29 bits per heavy atom. The third-order valence-electron chi connectivity index (χ3n) is 4.62. The van der Waals surface area contributed by atoms with E-state index in [1.54, 1.807) is 6.92 Å². The molecular weight excluding hydrogens is 325 g/mol. The zero-order valence-electron chi connectivity index (χ0n) is 14.6. The third-order valence-corrected chi connectivity index (χ3v) is 4.62. The molecule has 4 unspecified atom stereocenters. The van der Waals surface area contributed by atoms with E-state index in [0.29, 0.717) is 32.5 Å². The van der Waals surface area contributed by atoms with E-state index < -0.39 is 35.7 Å². The minimum Gasteiger partial charge on any atom is -0.462 e. The number of hydrogen-bond acceptors (Lipinski definition) is 5. The van der Waals surface area contributed by atoms with Gasteiger partial charge in [0.2, 0.25) is 0 Å². The van der Waals surface area contributed by atoms with Crippen LogP contribution in [0, 0.1) is 11.8 Å². The molecule has 0 saturated heterocycles. The van der Waals surface area contributed by atoms with Crippen LogP contribution in [-0.2, 0) is 9.53 Å². The topological polar surface area (TPSA) is 70.6 Å². The average Bonchev–Trinajstić information content (AvgIpc) is 2.50. The largest absolute Gasteiger partial charge is 0.462 e. The van der Waals surface area contributed by atoms with Gasteiger partial charge in [-0.25, -0.2) is 0 Å². The minimum atomic E-state index is -4.75. The molecule has 0 aliphatic heterocycles. The van der Waals surface area contributed by atoms with E-state index in [-0.39, 0.29) is 6.42 Å². The van der Waals surface area contributed by atoms with Crippen LogP contribution in [0.3, 0.4) is 0 Å². The number of halogens is 3. The van der Waals surface area contributed by atoms with E-state index in [0.717, 1.165) is 13.5 Å². The zero-order chi connectivity index (χ0) is 18.4. The summed E-state index contributed by atoms with van der Waals surface area (Å²) in [4.78, 5) is 12.2. The SMILES string of the molecule is CCNCNCC(C)C(=O)OC1CCCCC1C(C)(O)C(F)(F)F. The first-order chi connectivity index (χ1) is 11.1. The highest BCUT2D eigenvalue weighted by Crippen LogP contribution is 2.43. The predicted octanol–water partition coefficient (Wildman–Crippen LogP) is 2.19. The molecule has 4 atom stereocenters. The lowest BCUT2D eigenvalue weighted by Gasteiger charge is -2.41. The monoisotopic (exact) mass is 354 g/mol. The van der Waals surface area contributed by atoms with E-state index in [1.165, 1.54) is 0 Å². The minimum absolute atomic E-state index is 0.192. The Morgan fingerprint density at radius 3 is 2.50 bits per heavy atom. The number of hydrogen-bond donors (Lipinski definition) is 3. The van der Waals surface area contributed by atoms with E-state index in [4.69, 9.17) is 4.74 Å². The summed E-state index contributed by atoms with van der Waals surface area (Å²) in [6, 6.07) is 0. The molecule has 1 aliphatic carbocycles. The van der Waals surface area contributed by atoms with Crippen LogP contribution in [0.15, 0.2) is 0 Å². The first kappa shape index (κ1) is 21.2. The van der Waals surface area contributed by atoms with Gasteiger partial charge in [-0.1, -0.05) is 20.3 Å². The van der Waals surface area contributed by atoms with Crippen LogP contribution >= 0.6 is 0 Å². The first-order valence-electron chi connectivity index (χ1n) is 8.52. The molecule has 5 nitrogen and oxygen atoms in total. The van der Waals surface area contributed by atoms with Gasteiger partial charge in [-0.2, -0.15) is 13.2 Å². The molecule has 1 aliphatic rings. The summed E-state index contributed by atoms with van der Waals surface area (Å²) in [5.74, 6) is -2.13. The fourth-order valence-electron chi connectivity index (χ4n) is 2.94. The second-order valence-electron chi connectivity index (χ2n) is 6.65. The molecule has 0 heterocycles. The van der Waals surface area contributed by atoms with Crippen molar-refractivity contribution in [3.05, 3.63) is 0 Å². The van der Waals surface area contributed by atoms with Crippen molar-refractivity contribution < 1.29 is 27.8 Å². The lowest BCUT2D eigenvalue weighted by atomic mass is 9.75. The molecule has 24 heavy (non-hydrogen) atoms. The van der Waals surface area contributed by atoms with Gasteiger partial charge in [0.15, 0.2) is 5.60 Å². The Morgan fingerprint density at radius 2 is 1.92 bits per heavy atom. The highest BCUT2D eigenvalue weighted by atomic mass is 19.4. The molecule has 142 valence electrons. The Hall–Kier alpha value is -0.860. The molecule has 1 fully saturated rings. The highest BCUT2D eigenvalue weighted by molar-refractivity contribution is 5.72. The van der Waals surface area contributed by atoms with Gasteiger partial charge in [0.1, 0.15) is 6.10 Å². The number of aliphatic hydroxyl groups is 1. The summed E-state index contributed by atoms with van der Waals surface area (Å²) in [6.45, 7) is 6.10. The smallest absolute Gasteiger partial charge is 0.417 e. The van der Waals surface area contributed by atoms with Gasteiger partial charge in [-0.15, -0.1) is 0 Å². The number of rotatable bonds is 8. The molecule has 0 aromatic heterocycles. The van der Waals surface area contributed by atoms with Gasteiger partial charge in [-0.3, -0.25) is 4.79 Å². The summed E-state index contributed by atoms with van der Waals surface area (Å²) < 4.78 is 44.7. The van der Waals surface area contributed by atoms with Crippen LogP contribution in [-0.4, -0.2) is 48.7 Å². The van der Waals surface area contributed by atoms with Crippen LogP contribution in [0.4, 0.5) is 13.2 Å². The number of esters is 1. The maximum Gasteiger partial charge on any atom is 0.417 e. The Bertz CT molecular complexity index is 403. The van der Waals surface area contributed by atoms with Crippen LogP contribution in [0.5, 0.6) is 0 Å². The second-order valence-corrected chi connectivity index (χ2v) is 6.65. The average molecular weight is 354 g/mol. The van der Waals surface area contributed by atoms with Crippen molar-refractivity contribution in [1.29, 1.82) is 0 Å². The molecule has 0 amide bonds. The highest BCUT2D eigenvalue weighted by Gasteiger charge is 2.57. The molecular formula is C16H29F3N2O3. The van der Waals surface area contributed by atoms with Crippen LogP contribution < -0.4 is 10.6 Å². The van der Waals surface area contributed by atoms with Crippen LogP contribution in [0.2, 0.25) is 0 Å². The summed E-state index contributed by atoms with van der Waals surface area (Å²) >= 11 is 0. The van der Waals surface area contributed by atoms with Crippen LogP contribution in [0.25, 0.3) is 0 Å². The molecule has 0 radical (unpaired) electrons. The molecule has 1 saturated carbocycles. The first-order valence-corrected chi connectivity index (χ1v) is 8.52. The molecule has 0 aromatic carbocycles. The van der Waals surface area contributed by atoms with Crippen molar-refractivity contribution in [3.63, 3.8) is 0 Å². The third kappa shape index (κ3) is 5.60. The number of carbonyl (C=O) groups is 1. The summed E-state index contributed by atoms with van der Waals surface area (Å²) in [7, 11) is 0. The summed E-state index contributed by atoms with van der Waals surface area (Å²) in [5.41, 5.74) is -2.86. The van der Waals surface area contributed by atoms with E-state index >= 15 is 0 Å². The number of alkyl halides is 3. The van der Waals surface area contributed by atoms with Gasteiger partial charge >= 0.3 is 12.1 Å². The Balaban J connectivity index is 2.64. The van der Waals surface area contributed by atoms with E-state index in [1.807, 2.05) is 6.92 Å². The standard InChI is InChI=1S/C16H29F3N2O3/c1-4-20-10-21-9-11(2)14(22)24-13-8-6-5-7-12(13)15(3,23)16(17,18)19/h11-13,20-21,23H,4-10H2,1-3H3. The van der Waals surface area contributed by atoms with Crippen molar-refractivity contribution in [2.75, 3.05) is 19.8 Å². The van der Waals surface area contributed by atoms with Crippen molar-refractivity contribution in [3.8, 4) is 0 Å². The van der Waals surface area contributed by atoms with Crippen molar-refractivity contribution in [1.82, 2.24) is 10.6 Å². The maximum atomic E-state index is 13.1. The quantitative estimate of drug-likeness (QED) is 0.354. The lowest BCUT2D eigenvalue weighted by Crippen LogP contribution is -2.54. The molecule has 0 aromatic rings. The van der Waals surface area contributed by atoms with Crippen molar-refractivity contribution >= 4 is 5.97 Å². The van der Waals surface area contributed by atoms with E-state index in [9.17, 15) is 23.1 Å². The van der Waals surface area contributed by atoms with Crippen molar-refractivity contribution in [2.45, 2.75) is 64.3 Å². The van der Waals surface area contributed by atoms with Gasteiger partial charge in [0, 0.05) is 19.1 Å². The Labute approximate surface area is 141 Å². The van der Waals surface area contributed by atoms with Crippen molar-refractivity contribution in [2.24, 2.45) is 11.8 Å². The molecule has 0 bridgehead atoms. The Kier molecular flexibility index (Phi) is 7.95. The molecule has 3 N–H and O–H groups in total. The summed E-state index contributed by atoms with van der Waals surface area (Å²) in [6.07, 6.45) is -3.84. The molecule has 8 heteroatoms. The van der Waals surface area contributed by atoms with Gasteiger partial charge in [0.25, 0.3) is 0 Å². The fourth-order valence-corrected chi connectivity index (χ4v) is 2.94. The molecule has 1 rings (SSSR count). The summed E-state index contributed by atoms with van der Waals surface area (Å²) in [5, 5.41) is 16.0. The number of nitrogens with one attached hydrogen (secondary N) is 2. The van der Waals surface area contributed by atoms with E-state index in [2.05, 4.69) is 10.6 Å². The van der Waals surface area contributed by atoms with Crippen LogP contribution in [0.1, 0.15) is 46.5 Å². The molecule has 0 spiro atoms. The maximum absolute atomic E-state index is 13.1. The van der Waals surface area contributed by atoms with Gasteiger partial charge in [0.05, 0.1) is 5.92 Å². The zero-order valence-corrected chi connectivity index (χ0v) is 14.6.